The van der Waals surface area contributed by atoms with Crippen molar-refractivity contribution < 1.29 is 17.5 Å². The van der Waals surface area contributed by atoms with Crippen LogP contribution < -0.4 is 0 Å². The summed E-state index contributed by atoms with van der Waals surface area (Å²) < 4.78 is 47.3. The molecule has 2 aliphatic carbocycles. The minimum Gasteiger partial charge on any atom is -0.383 e. The Hall–Kier alpha value is -2.03. The van der Waals surface area contributed by atoms with Gasteiger partial charge in [0.2, 0.25) is 10.0 Å². The van der Waals surface area contributed by atoms with E-state index in [0.29, 0.717) is 19.7 Å². The molecular formula is C23H30FN3O3S. The Balaban J connectivity index is 1.61. The van der Waals surface area contributed by atoms with Gasteiger partial charge < -0.3 is 4.74 Å². The van der Waals surface area contributed by atoms with Crippen LogP contribution in [0.5, 0.6) is 0 Å². The lowest BCUT2D eigenvalue weighted by molar-refractivity contribution is 0.159. The second-order valence-electron chi connectivity index (χ2n) is 8.69. The highest BCUT2D eigenvalue weighted by molar-refractivity contribution is 7.89. The molecule has 1 fully saturated rings. The highest BCUT2D eigenvalue weighted by Crippen LogP contribution is 2.53. The first kappa shape index (κ1) is 22.2. The number of allylic oxidation sites excluding steroid dienone is 1. The molecule has 1 heterocycles. The molecule has 2 aromatic rings. The third-order valence-electron chi connectivity index (χ3n) is 6.95. The zero-order valence-electron chi connectivity index (χ0n) is 18.3. The van der Waals surface area contributed by atoms with Gasteiger partial charge in [-0.1, -0.05) is 12.5 Å². The monoisotopic (exact) mass is 447 g/mol. The summed E-state index contributed by atoms with van der Waals surface area (Å²) in [6.45, 7) is 5.22. The summed E-state index contributed by atoms with van der Waals surface area (Å²) in [5, 5.41) is 4.56. The average molecular weight is 448 g/mol. The van der Waals surface area contributed by atoms with Crippen LogP contribution in [0.15, 0.2) is 36.0 Å². The molecule has 0 radical (unpaired) electrons. The lowest BCUT2D eigenvalue weighted by Crippen LogP contribution is -2.42. The first-order chi connectivity index (χ1) is 14.8. The van der Waals surface area contributed by atoms with Gasteiger partial charge in [0.15, 0.2) is 0 Å². The third-order valence-corrected chi connectivity index (χ3v) is 8.80. The number of methoxy groups -OCH3 is 1. The first-order valence-electron chi connectivity index (χ1n) is 10.8. The molecule has 0 aliphatic heterocycles. The summed E-state index contributed by atoms with van der Waals surface area (Å²) in [4.78, 5) is 0. The molecule has 0 N–H and O–H groups in total. The highest BCUT2D eigenvalue weighted by Gasteiger charge is 2.46. The highest BCUT2D eigenvalue weighted by atomic mass is 32.2. The molecule has 2 aliphatic rings. The number of nitrogens with zero attached hydrogens (tertiary/aromatic N) is 3. The molecule has 0 bridgehead atoms. The fraction of sp³-hybridized carbons (Fsp3) is 0.522. The van der Waals surface area contributed by atoms with Crippen LogP contribution in [-0.4, -0.2) is 55.1 Å². The third kappa shape index (κ3) is 4.08. The normalized spacial score (nSPS) is 23.0. The van der Waals surface area contributed by atoms with Crippen molar-refractivity contribution in [2.24, 2.45) is 11.3 Å². The smallest absolute Gasteiger partial charge is 0.213 e. The molecule has 1 aromatic carbocycles. The van der Waals surface area contributed by atoms with Gasteiger partial charge in [-0.15, -0.1) is 0 Å². The predicted octanol–water partition coefficient (Wildman–Crippen LogP) is 3.67. The molecule has 0 unspecified atom stereocenters. The van der Waals surface area contributed by atoms with Gasteiger partial charge in [0, 0.05) is 20.2 Å². The van der Waals surface area contributed by atoms with E-state index < -0.39 is 10.0 Å². The van der Waals surface area contributed by atoms with Crippen LogP contribution in [-0.2, 0) is 21.2 Å². The van der Waals surface area contributed by atoms with Gasteiger partial charge >= 0.3 is 0 Å². The Labute approximate surface area is 183 Å². The molecular weight excluding hydrogens is 417 g/mol. The SMILES string of the molecule is CCS(=O)(=O)N(CCOC)C[C@H]1CCC2=Cc3c(cnn3-c3ccc(F)cc3)C[C@@]21C. The maximum atomic E-state index is 13.3. The van der Waals surface area contributed by atoms with E-state index in [0.717, 1.165) is 36.2 Å². The molecule has 0 saturated heterocycles. The van der Waals surface area contributed by atoms with E-state index in [1.165, 1.54) is 17.7 Å². The van der Waals surface area contributed by atoms with Gasteiger partial charge in [0.1, 0.15) is 5.82 Å². The summed E-state index contributed by atoms with van der Waals surface area (Å²) in [6.07, 6.45) is 6.82. The number of hydrogen-bond donors (Lipinski definition) is 0. The second-order valence-corrected chi connectivity index (χ2v) is 11.0. The maximum Gasteiger partial charge on any atom is 0.213 e. The van der Waals surface area contributed by atoms with Gasteiger partial charge in [0.05, 0.1) is 29.9 Å². The molecule has 6 nitrogen and oxygen atoms in total. The summed E-state index contributed by atoms with van der Waals surface area (Å²) in [5.41, 5.74) is 4.26. The summed E-state index contributed by atoms with van der Waals surface area (Å²) >= 11 is 0. The van der Waals surface area contributed by atoms with E-state index in [1.54, 1.807) is 30.5 Å². The van der Waals surface area contributed by atoms with Gasteiger partial charge in [0.25, 0.3) is 0 Å². The molecule has 1 aromatic heterocycles. The van der Waals surface area contributed by atoms with Crippen molar-refractivity contribution in [3.63, 3.8) is 0 Å². The van der Waals surface area contributed by atoms with E-state index in [4.69, 9.17) is 4.74 Å². The minimum absolute atomic E-state index is 0.0947. The number of halogens is 1. The van der Waals surface area contributed by atoms with Crippen LogP contribution in [0, 0.1) is 17.2 Å². The topological polar surface area (TPSA) is 64.4 Å². The van der Waals surface area contributed by atoms with Crippen molar-refractivity contribution in [2.75, 3.05) is 32.6 Å². The molecule has 8 heteroatoms. The number of aromatic nitrogens is 2. The van der Waals surface area contributed by atoms with Gasteiger partial charge in [-0.2, -0.15) is 9.40 Å². The van der Waals surface area contributed by atoms with Crippen molar-refractivity contribution >= 4 is 16.1 Å². The number of ether oxygens (including phenoxy) is 1. The number of rotatable bonds is 8. The standard InChI is InChI=1S/C23H30FN3O3S/c1-4-31(28,29)26(11-12-30-3)16-19-6-5-18-13-22-17(14-23(18,19)2)15-25-27(22)21-9-7-20(24)8-10-21/h7-10,13,15,19H,4-6,11-12,14,16H2,1-3H3/t19-,23+/m1/s1. The van der Waals surface area contributed by atoms with Crippen LogP contribution in [0.3, 0.4) is 0 Å². The summed E-state index contributed by atoms with van der Waals surface area (Å²) in [6, 6.07) is 6.35. The van der Waals surface area contributed by atoms with Gasteiger partial charge in [-0.25, -0.2) is 17.5 Å². The summed E-state index contributed by atoms with van der Waals surface area (Å²) in [7, 11) is -1.70. The van der Waals surface area contributed by atoms with Crippen molar-refractivity contribution in [1.29, 1.82) is 0 Å². The largest absolute Gasteiger partial charge is 0.383 e. The van der Waals surface area contributed by atoms with E-state index in [2.05, 4.69) is 18.1 Å². The van der Waals surface area contributed by atoms with E-state index >= 15 is 0 Å². The van der Waals surface area contributed by atoms with Crippen molar-refractivity contribution in [3.8, 4) is 5.69 Å². The Morgan fingerprint density at radius 1 is 1.32 bits per heavy atom. The van der Waals surface area contributed by atoms with Crippen molar-refractivity contribution in [1.82, 2.24) is 14.1 Å². The maximum absolute atomic E-state index is 13.3. The van der Waals surface area contributed by atoms with Crippen LogP contribution >= 0.6 is 0 Å². The number of benzene rings is 1. The molecule has 4 rings (SSSR count). The Morgan fingerprint density at radius 3 is 2.74 bits per heavy atom. The first-order valence-corrected chi connectivity index (χ1v) is 12.4. The zero-order chi connectivity index (χ0) is 22.2. The summed E-state index contributed by atoms with van der Waals surface area (Å²) in [5.74, 6) is 0.0610. The Kier molecular flexibility index (Phi) is 6.07. The molecule has 168 valence electrons. The van der Waals surface area contributed by atoms with Gasteiger partial charge in [-0.3, -0.25) is 0 Å². The van der Waals surface area contributed by atoms with Crippen molar-refractivity contribution in [2.45, 2.75) is 33.1 Å². The predicted molar refractivity (Wildman–Crippen MR) is 119 cm³/mol. The number of sulfonamides is 1. The molecule has 31 heavy (non-hydrogen) atoms. The van der Waals surface area contributed by atoms with Crippen LogP contribution in [0.25, 0.3) is 11.8 Å². The Morgan fingerprint density at radius 2 is 2.06 bits per heavy atom. The fourth-order valence-corrected chi connectivity index (χ4v) is 6.10. The van der Waals surface area contributed by atoms with Crippen molar-refractivity contribution in [3.05, 3.63) is 53.1 Å². The number of fused-ring (bicyclic) bond motifs is 2. The van der Waals surface area contributed by atoms with Crippen LogP contribution in [0.2, 0.25) is 0 Å². The minimum atomic E-state index is -3.29. The zero-order valence-corrected chi connectivity index (χ0v) is 19.2. The van der Waals surface area contributed by atoms with Crippen LogP contribution in [0.4, 0.5) is 4.39 Å². The van der Waals surface area contributed by atoms with Gasteiger partial charge in [-0.05, 0) is 73.4 Å². The van der Waals surface area contributed by atoms with E-state index in [-0.39, 0.29) is 22.9 Å². The Bertz CT molecular complexity index is 1080. The average Bonchev–Trinajstić information content (AvgIpc) is 3.29. The van der Waals surface area contributed by atoms with Crippen LogP contribution in [0.1, 0.15) is 37.9 Å². The lowest BCUT2D eigenvalue weighted by atomic mass is 9.70. The van der Waals surface area contributed by atoms with E-state index in [9.17, 15) is 12.8 Å². The quantitative estimate of drug-likeness (QED) is 0.620. The molecule has 2 atom stereocenters. The number of hydrogen-bond acceptors (Lipinski definition) is 4. The lowest BCUT2D eigenvalue weighted by Gasteiger charge is -2.38. The second kappa shape index (κ2) is 8.48. The van der Waals surface area contributed by atoms with E-state index in [1.807, 2.05) is 10.9 Å². The molecule has 0 amide bonds. The molecule has 0 spiro atoms. The fourth-order valence-electron chi connectivity index (χ4n) is 4.98. The molecule has 1 saturated carbocycles.